The van der Waals surface area contributed by atoms with Crippen LogP contribution in [0.1, 0.15) is 40.0 Å². The van der Waals surface area contributed by atoms with Crippen molar-refractivity contribution in [2.75, 3.05) is 12.3 Å². The Morgan fingerprint density at radius 2 is 1.88 bits per heavy atom. The molecule has 0 spiro atoms. The zero-order valence-corrected chi connectivity index (χ0v) is 15.3. The van der Waals surface area contributed by atoms with E-state index in [1.165, 1.54) is 6.92 Å². The summed E-state index contributed by atoms with van der Waals surface area (Å²) in [5.74, 6) is -1.29. The lowest BCUT2D eigenvalue weighted by atomic mass is 9.97. The third-order valence-electron chi connectivity index (χ3n) is 3.17. The Hall–Kier alpha value is -1.77. The molecule has 8 nitrogen and oxygen atoms in total. The van der Waals surface area contributed by atoms with Gasteiger partial charge >= 0.3 is 5.97 Å². The van der Waals surface area contributed by atoms with Crippen LogP contribution in [0.25, 0.3) is 0 Å². The van der Waals surface area contributed by atoms with E-state index in [1.54, 1.807) is 0 Å². The number of carbonyl (C=O) groups excluding carboxylic acids is 2. The van der Waals surface area contributed by atoms with Crippen LogP contribution >= 0.6 is 11.8 Å². The molecule has 1 amide bonds. The van der Waals surface area contributed by atoms with Crippen LogP contribution in [-0.4, -0.2) is 46.4 Å². The predicted octanol–water partition coefficient (Wildman–Crippen LogP) is 0.551. The van der Waals surface area contributed by atoms with E-state index in [2.05, 4.69) is 10.3 Å². The van der Waals surface area contributed by atoms with Crippen molar-refractivity contribution in [3.63, 3.8) is 0 Å². The Bertz CT molecular complexity index is 464. The first-order valence-corrected chi connectivity index (χ1v) is 8.84. The summed E-state index contributed by atoms with van der Waals surface area (Å²) in [6.07, 6.45) is 1.25. The zero-order valence-electron chi connectivity index (χ0n) is 14.4. The normalized spacial score (nSPS) is 13.2. The molecule has 0 aliphatic heterocycles. The predicted molar refractivity (Wildman–Crippen MR) is 95.6 cm³/mol. The molecule has 0 aromatic heterocycles. The molecule has 0 aromatic rings. The molecule has 0 bridgehead atoms. The lowest BCUT2D eigenvalue weighted by molar-refractivity contribution is -0.142. The van der Waals surface area contributed by atoms with E-state index in [4.69, 9.17) is 11.5 Å². The van der Waals surface area contributed by atoms with E-state index >= 15 is 0 Å². The molecule has 0 radical (unpaired) electrons. The quantitative estimate of drug-likeness (QED) is 0.239. The van der Waals surface area contributed by atoms with Crippen molar-refractivity contribution in [1.29, 1.82) is 0 Å². The van der Waals surface area contributed by atoms with Gasteiger partial charge in [0.05, 0.1) is 0 Å². The minimum Gasteiger partial charge on any atom is -0.480 e. The van der Waals surface area contributed by atoms with Gasteiger partial charge in [-0.25, -0.2) is 4.79 Å². The molecule has 0 heterocycles. The van der Waals surface area contributed by atoms with E-state index in [9.17, 15) is 19.5 Å². The molecular formula is C15H28N4O4S. The van der Waals surface area contributed by atoms with Crippen molar-refractivity contribution in [2.45, 2.75) is 46.1 Å². The molecule has 9 heteroatoms. The topological polar surface area (TPSA) is 148 Å². The average Bonchev–Trinajstić information content (AvgIpc) is 2.45. The third kappa shape index (κ3) is 10.9. The second-order valence-electron chi connectivity index (χ2n) is 5.98. The molecule has 0 aliphatic rings. The minimum atomic E-state index is -1.10. The van der Waals surface area contributed by atoms with Crippen molar-refractivity contribution in [3.8, 4) is 0 Å². The van der Waals surface area contributed by atoms with Crippen molar-refractivity contribution < 1.29 is 19.5 Å². The number of thioether (sulfide) groups is 1. The summed E-state index contributed by atoms with van der Waals surface area (Å²) in [7, 11) is 0. The van der Waals surface area contributed by atoms with Crippen LogP contribution in [0.15, 0.2) is 4.99 Å². The fourth-order valence-corrected chi connectivity index (χ4v) is 2.81. The maximum absolute atomic E-state index is 12.4. The molecular weight excluding hydrogens is 332 g/mol. The lowest BCUT2D eigenvalue weighted by Crippen LogP contribution is -2.44. The Labute approximate surface area is 146 Å². The largest absolute Gasteiger partial charge is 0.480 e. The molecule has 0 fully saturated rings. The minimum absolute atomic E-state index is 0.0517. The smallest absolute Gasteiger partial charge is 0.326 e. The van der Waals surface area contributed by atoms with Crippen LogP contribution in [0.5, 0.6) is 0 Å². The van der Waals surface area contributed by atoms with Gasteiger partial charge in [0.15, 0.2) is 11.1 Å². The molecule has 0 aromatic carbocycles. The number of rotatable bonds is 11. The van der Waals surface area contributed by atoms with Gasteiger partial charge in [0.1, 0.15) is 6.04 Å². The molecule has 0 rings (SSSR count). The fourth-order valence-electron chi connectivity index (χ4n) is 2.09. The molecule has 2 atom stereocenters. The first-order valence-electron chi connectivity index (χ1n) is 7.85. The molecule has 138 valence electrons. The van der Waals surface area contributed by atoms with Gasteiger partial charge < -0.3 is 21.9 Å². The fraction of sp³-hybridized carbons (Fsp3) is 0.733. The van der Waals surface area contributed by atoms with Gasteiger partial charge in [0.25, 0.3) is 0 Å². The summed E-state index contributed by atoms with van der Waals surface area (Å²) in [6, 6.07) is -0.997. The summed E-state index contributed by atoms with van der Waals surface area (Å²) < 4.78 is 0. The summed E-state index contributed by atoms with van der Waals surface area (Å²) in [6.45, 7) is 5.70. The Kier molecular flexibility index (Phi) is 10.9. The Morgan fingerprint density at radius 3 is 2.33 bits per heavy atom. The van der Waals surface area contributed by atoms with E-state index in [0.717, 1.165) is 11.8 Å². The number of nitrogens with zero attached hydrogens (tertiary/aromatic N) is 1. The standard InChI is InChI=1S/C15H28N4O4S/c1-9(2)7-11(8-24-10(3)20)13(21)19-12(14(22)23)5-4-6-18-15(16)17/h9,11-12H,4-8H2,1-3H3,(H,19,21)(H,22,23)(H4,16,17,18)/t11?,12-/m0/s1. The number of carboxylic acids is 1. The number of nitrogens with one attached hydrogen (secondary N) is 1. The van der Waals surface area contributed by atoms with E-state index in [-0.39, 0.29) is 29.3 Å². The maximum atomic E-state index is 12.4. The first-order chi connectivity index (χ1) is 11.1. The van der Waals surface area contributed by atoms with Crippen molar-refractivity contribution in [3.05, 3.63) is 0 Å². The zero-order chi connectivity index (χ0) is 18.7. The van der Waals surface area contributed by atoms with E-state index in [0.29, 0.717) is 25.1 Å². The Morgan fingerprint density at radius 1 is 1.25 bits per heavy atom. The number of nitrogens with two attached hydrogens (primary N) is 2. The van der Waals surface area contributed by atoms with Crippen LogP contribution in [0.2, 0.25) is 0 Å². The van der Waals surface area contributed by atoms with Gasteiger partial charge in [-0.1, -0.05) is 25.6 Å². The van der Waals surface area contributed by atoms with Crippen LogP contribution < -0.4 is 16.8 Å². The second kappa shape index (κ2) is 11.7. The summed E-state index contributed by atoms with van der Waals surface area (Å²) in [5, 5.41) is 11.7. The number of aliphatic carboxylic acids is 1. The molecule has 0 saturated heterocycles. The Balaban J connectivity index is 4.69. The number of guanidine groups is 1. The molecule has 1 unspecified atom stereocenters. The van der Waals surface area contributed by atoms with Gasteiger partial charge in [-0.05, 0) is 25.2 Å². The number of carbonyl (C=O) groups is 3. The van der Waals surface area contributed by atoms with Gasteiger partial charge in [0.2, 0.25) is 5.91 Å². The first kappa shape index (κ1) is 22.2. The summed E-state index contributed by atoms with van der Waals surface area (Å²) in [5.41, 5.74) is 10.4. The van der Waals surface area contributed by atoms with E-state index < -0.39 is 17.9 Å². The van der Waals surface area contributed by atoms with Gasteiger partial charge in [-0.3, -0.25) is 14.6 Å². The van der Waals surface area contributed by atoms with Crippen LogP contribution in [-0.2, 0) is 14.4 Å². The number of aliphatic imine (C=N–C) groups is 1. The van der Waals surface area contributed by atoms with Crippen LogP contribution in [0.3, 0.4) is 0 Å². The average molecular weight is 360 g/mol. The van der Waals surface area contributed by atoms with Gasteiger partial charge in [0, 0.05) is 25.1 Å². The molecule has 6 N–H and O–H groups in total. The molecule has 0 saturated carbocycles. The number of carboxylic acid groups (broad SMARTS) is 1. The van der Waals surface area contributed by atoms with Crippen molar-refractivity contribution in [2.24, 2.45) is 28.3 Å². The highest BCUT2D eigenvalue weighted by atomic mass is 32.2. The summed E-state index contributed by atoms with van der Waals surface area (Å²) >= 11 is 1.08. The SMILES string of the molecule is CC(=O)SCC(CC(C)C)C(=O)N[C@@H](CCCN=C(N)N)C(=O)O. The van der Waals surface area contributed by atoms with Crippen LogP contribution in [0.4, 0.5) is 0 Å². The third-order valence-corrected chi connectivity index (χ3v) is 4.15. The second-order valence-corrected chi connectivity index (χ2v) is 7.17. The molecule has 24 heavy (non-hydrogen) atoms. The number of hydrogen-bond acceptors (Lipinski definition) is 5. The number of amides is 1. The summed E-state index contributed by atoms with van der Waals surface area (Å²) in [4.78, 5) is 38.6. The number of hydrogen-bond donors (Lipinski definition) is 4. The monoisotopic (exact) mass is 360 g/mol. The van der Waals surface area contributed by atoms with Crippen LogP contribution in [0, 0.1) is 11.8 Å². The highest BCUT2D eigenvalue weighted by Crippen LogP contribution is 2.18. The van der Waals surface area contributed by atoms with Crippen molar-refractivity contribution >= 4 is 34.7 Å². The van der Waals surface area contributed by atoms with E-state index in [1.807, 2.05) is 13.8 Å². The van der Waals surface area contributed by atoms with Gasteiger partial charge in [-0.2, -0.15) is 0 Å². The highest BCUT2D eigenvalue weighted by Gasteiger charge is 2.26. The highest BCUT2D eigenvalue weighted by molar-refractivity contribution is 8.13. The lowest BCUT2D eigenvalue weighted by Gasteiger charge is -2.21. The van der Waals surface area contributed by atoms with Gasteiger partial charge in [-0.15, -0.1) is 0 Å². The molecule has 0 aliphatic carbocycles. The maximum Gasteiger partial charge on any atom is 0.326 e. The van der Waals surface area contributed by atoms with Crippen molar-refractivity contribution in [1.82, 2.24) is 5.32 Å².